The van der Waals surface area contributed by atoms with Crippen molar-refractivity contribution < 1.29 is 4.79 Å². The molecule has 0 aliphatic rings. The van der Waals surface area contributed by atoms with E-state index < -0.39 is 0 Å². The Morgan fingerprint density at radius 2 is 1.96 bits per heavy atom. The fourth-order valence-electron chi connectivity index (χ4n) is 2.48. The maximum Gasteiger partial charge on any atom is 0.315 e. The fraction of sp³-hybridized carbons (Fsp3) is 0.222. The summed E-state index contributed by atoms with van der Waals surface area (Å²) in [5, 5.41) is 5.81. The van der Waals surface area contributed by atoms with E-state index in [2.05, 4.69) is 15.6 Å². The highest BCUT2D eigenvalue weighted by Crippen LogP contribution is 2.10. The Bertz CT molecular complexity index is 749. The van der Waals surface area contributed by atoms with Gasteiger partial charge in [0.05, 0.1) is 11.7 Å². The van der Waals surface area contributed by atoms with Gasteiger partial charge >= 0.3 is 6.03 Å². The highest BCUT2D eigenvalue weighted by Gasteiger charge is 2.08. The molecule has 1 aromatic carbocycles. The van der Waals surface area contributed by atoms with E-state index in [1.807, 2.05) is 72.2 Å². The average molecular weight is 308 g/mol. The molecule has 2 N–H and O–H groups in total. The molecular formula is C18H20N4O. The molecule has 0 aliphatic heterocycles. The summed E-state index contributed by atoms with van der Waals surface area (Å²) < 4.78 is 1.98. The number of carbonyl (C=O) groups is 1. The average Bonchev–Trinajstić information content (AvgIpc) is 2.98. The summed E-state index contributed by atoms with van der Waals surface area (Å²) in [7, 11) is 0. The van der Waals surface area contributed by atoms with Crippen LogP contribution in [0.1, 0.15) is 24.2 Å². The number of nitrogens with zero attached hydrogens (tertiary/aromatic N) is 2. The van der Waals surface area contributed by atoms with Crippen LogP contribution in [0.15, 0.2) is 60.9 Å². The van der Waals surface area contributed by atoms with E-state index in [-0.39, 0.29) is 12.1 Å². The number of urea groups is 1. The van der Waals surface area contributed by atoms with Gasteiger partial charge in [0, 0.05) is 25.4 Å². The monoisotopic (exact) mass is 308 g/mol. The molecule has 2 amide bonds. The second-order valence-electron chi connectivity index (χ2n) is 5.48. The van der Waals surface area contributed by atoms with Crippen molar-refractivity contribution in [2.24, 2.45) is 0 Å². The summed E-state index contributed by atoms with van der Waals surface area (Å²) >= 11 is 0. The van der Waals surface area contributed by atoms with Gasteiger partial charge < -0.3 is 15.0 Å². The van der Waals surface area contributed by atoms with E-state index >= 15 is 0 Å². The molecular weight excluding hydrogens is 288 g/mol. The minimum atomic E-state index is -0.162. The first-order chi connectivity index (χ1) is 11.2. The molecule has 0 aliphatic carbocycles. The van der Waals surface area contributed by atoms with Crippen molar-refractivity contribution in [2.45, 2.75) is 19.4 Å². The SMILES string of the molecule is CC(NC(=O)NCCc1cn2ccccc2n1)c1ccccc1. The number of benzene rings is 1. The van der Waals surface area contributed by atoms with E-state index in [0.29, 0.717) is 13.0 Å². The number of carbonyl (C=O) groups excluding carboxylic acids is 1. The quantitative estimate of drug-likeness (QED) is 0.761. The third kappa shape index (κ3) is 3.88. The van der Waals surface area contributed by atoms with Crippen LogP contribution in [0.2, 0.25) is 0 Å². The molecule has 5 heteroatoms. The van der Waals surface area contributed by atoms with E-state index in [4.69, 9.17) is 0 Å². The van der Waals surface area contributed by atoms with Gasteiger partial charge in [0.25, 0.3) is 0 Å². The number of aromatic nitrogens is 2. The Balaban J connectivity index is 1.47. The predicted molar refractivity (Wildman–Crippen MR) is 90.3 cm³/mol. The number of hydrogen-bond acceptors (Lipinski definition) is 2. The van der Waals surface area contributed by atoms with Crippen LogP contribution < -0.4 is 10.6 Å². The van der Waals surface area contributed by atoms with E-state index in [0.717, 1.165) is 16.9 Å². The van der Waals surface area contributed by atoms with Crippen LogP contribution in [0.25, 0.3) is 5.65 Å². The van der Waals surface area contributed by atoms with Crippen molar-refractivity contribution in [1.29, 1.82) is 0 Å². The molecule has 2 heterocycles. The van der Waals surface area contributed by atoms with E-state index in [1.54, 1.807) is 0 Å². The molecule has 0 radical (unpaired) electrons. The molecule has 0 bridgehead atoms. The summed E-state index contributed by atoms with van der Waals surface area (Å²) in [6.07, 6.45) is 4.66. The predicted octanol–water partition coefficient (Wildman–Crippen LogP) is 2.94. The molecule has 23 heavy (non-hydrogen) atoms. The fourth-order valence-corrected chi connectivity index (χ4v) is 2.48. The second-order valence-corrected chi connectivity index (χ2v) is 5.48. The van der Waals surface area contributed by atoms with Crippen molar-refractivity contribution in [3.8, 4) is 0 Å². The van der Waals surface area contributed by atoms with Gasteiger partial charge in [-0.05, 0) is 24.6 Å². The van der Waals surface area contributed by atoms with Crippen LogP contribution in [0.3, 0.4) is 0 Å². The molecule has 0 saturated carbocycles. The van der Waals surface area contributed by atoms with Crippen LogP contribution in [-0.2, 0) is 6.42 Å². The molecule has 0 spiro atoms. The zero-order valence-corrected chi connectivity index (χ0v) is 13.1. The summed E-state index contributed by atoms with van der Waals surface area (Å²) in [5.74, 6) is 0. The number of hydrogen-bond donors (Lipinski definition) is 2. The Morgan fingerprint density at radius 1 is 1.17 bits per heavy atom. The zero-order chi connectivity index (χ0) is 16.1. The van der Waals surface area contributed by atoms with Gasteiger partial charge in [-0.15, -0.1) is 0 Å². The summed E-state index contributed by atoms with van der Waals surface area (Å²) in [6.45, 7) is 2.52. The highest BCUT2D eigenvalue weighted by molar-refractivity contribution is 5.74. The Morgan fingerprint density at radius 3 is 2.74 bits per heavy atom. The van der Waals surface area contributed by atoms with Crippen molar-refractivity contribution in [1.82, 2.24) is 20.0 Å². The van der Waals surface area contributed by atoms with Gasteiger partial charge in [-0.1, -0.05) is 36.4 Å². The van der Waals surface area contributed by atoms with Gasteiger partial charge in [-0.25, -0.2) is 9.78 Å². The van der Waals surface area contributed by atoms with Crippen molar-refractivity contribution in [3.63, 3.8) is 0 Å². The summed E-state index contributed by atoms with van der Waals surface area (Å²) in [6, 6.07) is 15.6. The first-order valence-electron chi connectivity index (χ1n) is 7.74. The molecule has 118 valence electrons. The Kier molecular flexibility index (Phi) is 4.57. The van der Waals surface area contributed by atoms with Crippen LogP contribution in [-0.4, -0.2) is 22.0 Å². The number of amides is 2. The number of pyridine rings is 1. The molecule has 5 nitrogen and oxygen atoms in total. The lowest BCUT2D eigenvalue weighted by atomic mass is 10.1. The molecule has 2 aromatic heterocycles. The maximum absolute atomic E-state index is 11.9. The smallest absolute Gasteiger partial charge is 0.315 e. The number of fused-ring (bicyclic) bond motifs is 1. The van der Waals surface area contributed by atoms with Gasteiger partial charge in [0.2, 0.25) is 0 Å². The Labute approximate surface area is 135 Å². The van der Waals surface area contributed by atoms with Crippen LogP contribution in [0.5, 0.6) is 0 Å². The Hall–Kier alpha value is -2.82. The first-order valence-corrected chi connectivity index (χ1v) is 7.74. The third-order valence-corrected chi connectivity index (χ3v) is 3.73. The van der Waals surface area contributed by atoms with Crippen LogP contribution >= 0.6 is 0 Å². The van der Waals surface area contributed by atoms with Crippen molar-refractivity contribution >= 4 is 11.7 Å². The van der Waals surface area contributed by atoms with Gasteiger partial charge in [0.1, 0.15) is 5.65 Å². The topological polar surface area (TPSA) is 58.4 Å². The molecule has 3 aromatic rings. The van der Waals surface area contributed by atoms with Crippen molar-refractivity contribution in [2.75, 3.05) is 6.54 Å². The number of nitrogens with one attached hydrogen (secondary N) is 2. The maximum atomic E-state index is 11.9. The zero-order valence-electron chi connectivity index (χ0n) is 13.1. The minimum Gasteiger partial charge on any atom is -0.338 e. The standard InChI is InChI=1S/C18H20N4O/c1-14(15-7-3-2-4-8-15)20-18(23)19-11-10-16-13-22-12-6-5-9-17(22)21-16/h2-9,12-14H,10-11H2,1H3,(H2,19,20,23). The lowest BCUT2D eigenvalue weighted by Crippen LogP contribution is -2.38. The van der Waals surface area contributed by atoms with E-state index in [1.165, 1.54) is 0 Å². The normalized spacial score (nSPS) is 12.0. The van der Waals surface area contributed by atoms with Gasteiger partial charge in [-0.2, -0.15) is 0 Å². The number of rotatable bonds is 5. The molecule has 0 saturated heterocycles. The summed E-state index contributed by atoms with van der Waals surface area (Å²) in [4.78, 5) is 16.5. The van der Waals surface area contributed by atoms with Crippen LogP contribution in [0, 0.1) is 0 Å². The molecule has 0 fully saturated rings. The molecule has 3 rings (SSSR count). The lowest BCUT2D eigenvalue weighted by Gasteiger charge is -2.14. The molecule has 1 unspecified atom stereocenters. The molecule has 1 atom stereocenters. The first kappa shape index (κ1) is 15.1. The van der Waals surface area contributed by atoms with Crippen molar-refractivity contribution in [3.05, 3.63) is 72.2 Å². The van der Waals surface area contributed by atoms with Gasteiger partial charge in [-0.3, -0.25) is 0 Å². The van der Waals surface area contributed by atoms with Gasteiger partial charge in [0.15, 0.2) is 0 Å². The summed E-state index contributed by atoms with van der Waals surface area (Å²) in [5.41, 5.74) is 2.97. The second kappa shape index (κ2) is 6.96. The van der Waals surface area contributed by atoms with Crippen LogP contribution in [0.4, 0.5) is 4.79 Å². The highest BCUT2D eigenvalue weighted by atomic mass is 16.2. The van der Waals surface area contributed by atoms with E-state index in [9.17, 15) is 4.79 Å². The minimum absolute atomic E-state index is 0.0219. The number of imidazole rings is 1. The lowest BCUT2D eigenvalue weighted by molar-refractivity contribution is 0.238. The largest absolute Gasteiger partial charge is 0.338 e. The third-order valence-electron chi connectivity index (χ3n) is 3.73.